The van der Waals surface area contributed by atoms with Crippen molar-refractivity contribution >= 4 is 41.4 Å². The van der Waals surface area contributed by atoms with Crippen molar-refractivity contribution in [2.75, 3.05) is 39.3 Å². The lowest BCUT2D eigenvalue weighted by Gasteiger charge is -2.36. The Morgan fingerprint density at radius 2 is 1.00 bits per heavy atom. The van der Waals surface area contributed by atoms with Crippen LogP contribution in [0.5, 0.6) is 0 Å². The van der Waals surface area contributed by atoms with Crippen molar-refractivity contribution in [3.63, 3.8) is 0 Å². The predicted octanol–water partition coefficient (Wildman–Crippen LogP) is 4.17. The van der Waals surface area contributed by atoms with Gasteiger partial charge in [0.05, 0.1) is 0 Å². The molecule has 4 rings (SSSR count). The quantitative estimate of drug-likeness (QED) is 0.220. The van der Waals surface area contributed by atoms with Gasteiger partial charge in [-0.15, -0.1) is 0 Å². The minimum Gasteiger partial charge on any atom is -0.336 e. The molecule has 0 N–H and O–H groups in total. The topological polar surface area (TPSA) is 142 Å². The van der Waals surface area contributed by atoms with Gasteiger partial charge in [-0.2, -0.15) is 0 Å². The highest BCUT2D eigenvalue weighted by Crippen LogP contribution is 2.27. The van der Waals surface area contributed by atoms with Crippen LogP contribution in [-0.2, 0) is 46.7 Å². The normalized spacial score (nSPS) is 16.4. The third-order valence-electron chi connectivity index (χ3n) is 11.4. The molecule has 0 radical (unpaired) electrons. The Labute approximate surface area is 356 Å². The summed E-state index contributed by atoms with van der Waals surface area (Å²) in [5.74, 6) is -2.24. The van der Waals surface area contributed by atoms with E-state index in [1.54, 1.807) is 9.80 Å². The smallest absolute Gasteiger partial charge is 0.246 e. The molecule has 328 valence electrons. The van der Waals surface area contributed by atoms with E-state index in [0.717, 1.165) is 11.1 Å². The van der Waals surface area contributed by atoms with Crippen molar-refractivity contribution < 1.29 is 33.6 Å². The second kappa shape index (κ2) is 21.8. The van der Waals surface area contributed by atoms with Crippen LogP contribution in [0, 0.1) is 0 Å². The van der Waals surface area contributed by atoms with Crippen LogP contribution in [0.1, 0.15) is 99.1 Å². The molecule has 2 aromatic rings. The van der Waals surface area contributed by atoms with Gasteiger partial charge >= 0.3 is 0 Å². The highest BCUT2D eigenvalue weighted by atomic mass is 16.2. The molecule has 0 unspecified atom stereocenters. The van der Waals surface area contributed by atoms with Crippen molar-refractivity contribution in [2.24, 2.45) is 0 Å². The zero-order chi connectivity index (χ0) is 44.3. The fraction of sp³-hybridized carbons (Fsp3) is 0.587. The van der Waals surface area contributed by atoms with Crippen LogP contribution in [-0.4, -0.2) is 151 Å². The monoisotopic (exact) mass is 830 g/mol. The van der Waals surface area contributed by atoms with Crippen molar-refractivity contribution in [3.8, 4) is 0 Å². The average Bonchev–Trinajstić information content (AvgIpc) is 3.89. The lowest BCUT2D eigenvalue weighted by molar-refractivity contribution is -0.153. The third-order valence-corrected chi connectivity index (χ3v) is 11.4. The molecule has 14 nitrogen and oxygen atoms in total. The molecule has 7 amide bonds. The van der Waals surface area contributed by atoms with Gasteiger partial charge in [-0.3, -0.25) is 33.6 Å². The number of benzene rings is 2. The fourth-order valence-corrected chi connectivity index (χ4v) is 8.37. The second-order valence-corrected chi connectivity index (χ2v) is 17.2. The first-order valence-electron chi connectivity index (χ1n) is 21.5. The maximum absolute atomic E-state index is 14.6. The van der Waals surface area contributed by atoms with Crippen molar-refractivity contribution in [3.05, 3.63) is 71.8 Å². The van der Waals surface area contributed by atoms with Gasteiger partial charge in [0.2, 0.25) is 41.4 Å². The summed E-state index contributed by atoms with van der Waals surface area (Å²) < 4.78 is 0. The van der Waals surface area contributed by atoms with Crippen molar-refractivity contribution in [1.29, 1.82) is 0 Å². The lowest BCUT2D eigenvalue weighted by atomic mass is 10.1. The van der Waals surface area contributed by atoms with Crippen LogP contribution in [0.4, 0.5) is 0 Å². The fourth-order valence-electron chi connectivity index (χ4n) is 8.37. The molecular weight excluding hydrogens is 763 g/mol. The minimum absolute atomic E-state index is 0.0553. The largest absolute Gasteiger partial charge is 0.336 e. The van der Waals surface area contributed by atoms with Crippen LogP contribution in [0.3, 0.4) is 0 Å². The highest BCUT2D eigenvalue weighted by molar-refractivity contribution is 5.95. The van der Waals surface area contributed by atoms with Crippen LogP contribution < -0.4 is 0 Å². The number of rotatable bonds is 18. The zero-order valence-corrected chi connectivity index (χ0v) is 37.2. The summed E-state index contributed by atoms with van der Waals surface area (Å²) in [7, 11) is 0. The summed E-state index contributed by atoms with van der Waals surface area (Å²) >= 11 is 0. The summed E-state index contributed by atoms with van der Waals surface area (Å²) in [6.07, 6.45) is 1.98. The zero-order valence-electron chi connectivity index (χ0n) is 37.2. The minimum atomic E-state index is -0.839. The Morgan fingerprint density at radius 3 is 1.48 bits per heavy atom. The Morgan fingerprint density at radius 1 is 0.550 bits per heavy atom. The van der Waals surface area contributed by atoms with Crippen LogP contribution in [0.2, 0.25) is 0 Å². The van der Waals surface area contributed by atoms with Gasteiger partial charge in [0.25, 0.3) is 0 Å². The van der Waals surface area contributed by atoms with Gasteiger partial charge in [0.1, 0.15) is 38.3 Å². The molecule has 60 heavy (non-hydrogen) atoms. The molecule has 2 atom stereocenters. The number of hydrogen-bond acceptors (Lipinski definition) is 7. The van der Waals surface area contributed by atoms with Crippen molar-refractivity contribution in [2.45, 2.75) is 137 Å². The number of carbonyl (C=O) groups excluding carboxylic acids is 7. The van der Waals surface area contributed by atoms with Gasteiger partial charge < -0.3 is 34.3 Å². The first kappa shape index (κ1) is 47.4. The van der Waals surface area contributed by atoms with Gasteiger partial charge in [-0.1, -0.05) is 60.7 Å². The average molecular weight is 830 g/mol. The Bertz CT molecular complexity index is 1790. The number of amides is 7. The molecule has 2 heterocycles. The molecule has 0 aromatic heterocycles. The molecule has 2 aliphatic rings. The predicted molar refractivity (Wildman–Crippen MR) is 230 cm³/mol. The third kappa shape index (κ3) is 12.4. The maximum Gasteiger partial charge on any atom is 0.246 e. The standard InChI is InChI=1S/C46H67N7O7/c1-32(2)51(41(55)28-47(36(9)54)26-37-18-12-10-13-19-37)30-43(57)49-24-16-23-40(49)46(60)50-25-17-22-39(50)45(59)48(27-38-20-14-11-15-21-38)29-42(56)52(33(3)4)31-44(58)53(34(5)6)35(7)8/h10-15,18-21,32-35,39-40H,16-17,22-31H2,1-9H3/t39-,40-/m1/s1. The van der Waals surface area contributed by atoms with Gasteiger partial charge in [-0.05, 0) is 92.2 Å². The Kier molecular flexibility index (Phi) is 17.2. The number of likely N-dealkylation sites (tertiary alicyclic amines) is 2. The van der Waals surface area contributed by atoms with Gasteiger partial charge in [0.15, 0.2) is 0 Å². The van der Waals surface area contributed by atoms with E-state index in [-0.39, 0.29) is 105 Å². The summed E-state index contributed by atoms with van der Waals surface area (Å²) in [6.45, 7) is 16.7. The molecule has 0 spiro atoms. The molecule has 2 saturated heterocycles. The van der Waals surface area contributed by atoms with Crippen molar-refractivity contribution in [1.82, 2.24) is 34.3 Å². The Hall–Kier alpha value is -5.27. The molecule has 14 heteroatoms. The summed E-state index contributed by atoms with van der Waals surface area (Å²) in [5, 5.41) is 0. The van der Waals surface area contributed by atoms with Crippen LogP contribution in [0.25, 0.3) is 0 Å². The van der Waals surface area contributed by atoms with Gasteiger partial charge in [-0.25, -0.2) is 0 Å². The number of carbonyl (C=O) groups is 7. The molecule has 2 aliphatic heterocycles. The summed E-state index contributed by atoms with van der Waals surface area (Å²) in [4.78, 5) is 108. The summed E-state index contributed by atoms with van der Waals surface area (Å²) in [5.41, 5.74) is 1.69. The van der Waals surface area contributed by atoms with E-state index < -0.39 is 12.1 Å². The Balaban J connectivity index is 1.50. The number of hydrogen-bond donors (Lipinski definition) is 0. The molecule has 2 aromatic carbocycles. The first-order chi connectivity index (χ1) is 28.4. The molecule has 2 fully saturated rings. The van der Waals surface area contributed by atoms with E-state index in [4.69, 9.17) is 0 Å². The van der Waals surface area contributed by atoms with Gasteiger partial charge in [0, 0.05) is 57.3 Å². The van der Waals surface area contributed by atoms with E-state index in [2.05, 4.69) is 0 Å². The molecule has 0 saturated carbocycles. The SMILES string of the molecule is CC(=O)N(CC(=O)N(CC(=O)N1CCC[C@@H]1C(=O)N1CCC[C@@H]1C(=O)N(CC(=O)N(CC(=O)N(C(C)C)C(C)C)C(C)C)Cc1ccccc1)C(C)C)Cc1ccccc1. The lowest BCUT2D eigenvalue weighted by Crippen LogP contribution is -2.56. The van der Waals surface area contributed by atoms with Crippen LogP contribution >= 0.6 is 0 Å². The summed E-state index contributed by atoms with van der Waals surface area (Å²) in [6, 6.07) is 16.3. The highest BCUT2D eigenvalue weighted by Gasteiger charge is 2.44. The first-order valence-corrected chi connectivity index (χ1v) is 21.5. The molecular formula is C46H67N7O7. The second-order valence-electron chi connectivity index (χ2n) is 17.2. The van der Waals surface area contributed by atoms with E-state index in [0.29, 0.717) is 38.8 Å². The van der Waals surface area contributed by atoms with E-state index in [1.165, 1.54) is 31.4 Å². The molecule has 0 aliphatic carbocycles. The van der Waals surface area contributed by atoms with E-state index >= 15 is 0 Å². The van der Waals surface area contributed by atoms with Crippen LogP contribution in [0.15, 0.2) is 60.7 Å². The number of nitrogens with zero attached hydrogens (tertiary/aromatic N) is 7. The molecule has 0 bridgehead atoms. The van der Waals surface area contributed by atoms with E-state index in [9.17, 15) is 33.6 Å². The van der Waals surface area contributed by atoms with E-state index in [1.807, 2.05) is 116 Å². The maximum atomic E-state index is 14.6.